The smallest absolute Gasteiger partial charge is 0.259 e. The van der Waals surface area contributed by atoms with Gasteiger partial charge >= 0.3 is 0 Å². The fourth-order valence-electron chi connectivity index (χ4n) is 1.70. The Hall–Kier alpha value is -2.47. The van der Waals surface area contributed by atoms with Gasteiger partial charge in [-0.25, -0.2) is 4.98 Å². The highest BCUT2D eigenvalue weighted by atomic mass is 35.5. The maximum Gasteiger partial charge on any atom is 0.259 e. The monoisotopic (exact) mass is 309 g/mol. The van der Waals surface area contributed by atoms with Crippen molar-refractivity contribution in [1.29, 1.82) is 0 Å². The molecule has 3 N–H and O–H groups in total. The molecule has 1 amide bonds. The predicted molar refractivity (Wildman–Crippen MR) is 83.4 cm³/mol. The lowest BCUT2D eigenvalue weighted by Crippen LogP contribution is -2.14. The van der Waals surface area contributed by atoms with Crippen LogP contribution in [0.4, 0.5) is 11.5 Å². The molecule has 2 aromatic rings. The first-order valence-corrected chi connectivity index (χ1v) is 5.89. The Balaban J connectivity index is 0.00000220. The zero-order valence-electron chi connectivity index (χ0n) is 11.6. The molecule has 21 heavy (non-hydrogen) atoms. The van der Waals surface area contributed by atoms with Gasteiger partial charge in [-0.15, -0.1) is 12.4 Å². The van der Waals surface area contributed by atoms with E-state index in [2.05, 4.69) is 10.3 Å². The van der Waals surface area contributed by atoms with Gasteiger partial charge in [-0.05, 0) is 24.3 Å². The van der Waals surface area contributed by atoms with Crippen LogP contribution in [0.3, 0.4) is 0 Å². The number of halogens is 1. The lowest BCUT2D eigenvalue weighted by atomic mass is 10.1. The highest BCUT2D eigenvalue weighted by Gasteiger charge is 2.14. The minimum Gasteiger partial charge on any atom is -0.497 e. The first kappa shape index (κ1) is 16.6. The summed E-state index contributed by atoms with van der Waals surface area (Å²) >= 11 is 0. The number of amides is 1. The molecule has 6 nitrogen and oxygen atoms in total. The van der Waals surface area contributed by atoms with Crippen molar-refractivity contribution in [2.24, 2.45) is 0 Å². The van der Waals surface area contributed by atoms with E-state index in [1.807, 2.05) is 0 Å². The average molecular weight is 310 g/mol. The van der Waals surface area contributed by atoms with Gasteiger partial charge in [-0.2, -0.15) is 0 Å². The SMILES string of the molecule is COc1ccc(C(=O)Nc2cccnc2N)c(OC)c1.Cl. The second-order valence-corrected chi connectivity index (χ2v) is 3.96. The van der Waals surface area contributed by atoms with E-state index in [1.54, 1.807) is 43.6 Å². The predicted octanol–water partition coefficient (Wildman–Crippen LogP) is 2.36. The zero-order chi connectivity index (χ0) is 14.5. The Morgan fingerprint density at radius 3 is 2.62 bits per heavy atom. The van der Waals surface area contributed by atoms with E-state index in [-0.39, 0.29) is 24.1 Å². The molecule has 0 bridgehead atoms. The summed E-state index contributed by atoms with van der Waals surface area (Å²) in [7, 11) is 3.04. The van der Waals surface area contributed by atoms with Crippen LogP contribution in [0.1, 0.15) is 10.4 Å². The second-order valence-electron chi connectivity index (χ2n) is 3.96. The lowest BCUT2D eigenvalue weighted by molar-refractivity contribution is 0.102. The third-order valence-corrected chi connectivity index (χ3v) is 2.74. The Labute approximate surface area is 128 Å². The van der Waals surface area contributed by atoms with Crippen molar-refractivity contribution >= 4 is 29.8 Å². The van der Waals surface area contributed by atoms with Crippen molar-refractivity contribution in [3.63, 3.8) is 0 Å². The van der Waals surface area contributed by atoms with E-state index < -0.39 is 0 Å². The molecule has 0 saturated heterocycles. The molecule has 0 aliphatic carbocycles. The van der Waals surface area contributed by atoms with E-state index in [0.717, 1.165) is 0 Å². The first-order chi connectivity index (χ1) is 9.65. The molecule has 112 valence electrons. The summed E-state index contributed by atoms with van der Waals surface area (Å²) in [5, 5.41) is 2.69. The van der Waals surface area contributed by atoms with Crippen LogP contribution in [0.25, 0.3) is 0 Å². The number of anilines is 2. The number of aromatic nitrogens is 1. The van der Waals surface area contributed by atoms with E-state index in [4.69, 9.17) is 15.2 Å². The fourth-order valence-corrected chi connectivity index (χ4v) is 1.70. The molecule has 1 aromatic carbocycles. The molecule has 1 heterocycles. The van der Waals surface area contributed by atoms with Crippen molar-refractivity contribution < 1.29 is 14.3 Å². The molecular formula is C14H16ClN3O3. The molecule has 0 radical (unpaired) electrons. The van der Waals surface area contributed by atoms with Crippen LogP contribution in [0, 0.1) is 0 Å². The number of methoxy groups -OCH3 is 2. The van der Waals surface area contributed by atoms with Gasteiger partial charge in [0.15, 0.2) is 0 Å². The van der Waals surface area contributed by atoms with Crippen LogP contribution in [-0.4, -0.2) is 25.1 Å². The molecular weight excluding hydrogens is 294 g/mol. The van der Waals surface area contributed by atoms with Crippen LogP contribution in [0.2, 0.25) is 0 Å². The summed E-state index contributed by atoms with van der Waals surface area (Å²) in [5.41, 5.74) is 6.53. The number of hydrogen-bond donors (Lipinski definition) is 2. The quantitative estimate of drug-likeness (QED) is 0.905. The topological polar surface area (TPSA) is 86.5 Å². The minimum atomic E-state index is -0.329. The van der Waals surface area contributed by atoms with Gasteiger partial charge in [0.25, 0.3) is 5.91 Å². The summed E-state index contributed by atoms with van der Waals surface area (Å²) < 4.78 is 10.3. The Morgan fingerprint density at radius 1 is 1.24 bits per heavy atom. The molecule has 0 unspecified atom stereocenters. The summed E-state index contributed by atoms with van der Waals surface area (Å²) in [6, 6.07) is 8.32. The summed E-state index contributed by atoms with van der Waals surface area (Å²) in [5.74, 6) is 0.959. The van der Waals surface area contributed by atoms with Gasteiger partial charge in [-0.1, -0.05) is 0 Å². The molecule has 0 saturated carbocycles. The van der Waals surface area contributed by atoms with Crippen LogP contribution >= 0.6 is 12.4 Å². The van der Waals surface area contributed by atoms with Crippen LogP contribution < -0.4 is 20.5 Å². The normalized spacial score (nSPS) is 9.43. The molecule has 0 aliphatic heterocycles. The maximum atomic E-state index is 12.2. The summed E-state index contributed by atoms with van der Waals surface area (Å²) in [6.45, 7) is 0. The highest BCUT2D eigenvalue weighted by molar-refractivity contribution is 6.07. The van der Waals surface area contributed by atoms with Crippen molar-refractivity contribution in [1.82, 2.24) is 4.98 Å². The number of carbonyl (C=O) groups is 1. The van der Waals surface area contributed by atoms with Gasteiger partial charge in [0.2, 0.25) is 0 Å². The average Bonchev–Trinajstić information content (AvgIpc) is 2.48. The molecule has 0 atom stereocenters. The number of nitrogens with one attached hydrogen (secondary N) is 1. The van der Waals surface area contributed by atoms with Crippen molar-refractivity contribution in [3.8, 4) is 11.5 Å². The Morgan fingerprint density at radius 2 is 2.00 bits per heavy atom. The molecule has 0 aliphatic rings. The number of benzene rings is 1. The number of pyridine rings is 1. The van der Waals surface area contributed by atoms with Crippen molar-refractivity contribution in [2.45, 2.75) is 0 Å². The van der Waals surface area contributed by atoms with Crippen LogP contribution in [-0.2, 0) is 0 Å². The van der Waals surface area contributed by atoms with Gasteiger partial charge < -0.3 is 20.5 Å². The van der Waals surface area contributed by atoms with Crippen LogP contribution in [0.15, 0.2) is 36.5 Å². The molecule has 1 aromatic heterocycles. The summed E-state index contributed by atoms with van der Waals surface area (Å²) in [6.07, 6.45) is 1.55. The number of carbonyl (C=O) groups excluding carboxylic acids is 1. The molecule has 7 heteroatoms. The third-order valence-electron chi connectivity index (χ3n) is 2.74. The zero-order valence-corrected chi connectivity index (χ0v) is 12.4. The molecule has 0 fully saturated rings. The highest BCUT2D eigenvalue weighted by Crippen LogP contribution is 2.26. The van der Waals surface area contributed by atoms with Crippen molar-refractivity contribution in [3.05, 3.63) is 42.1 Å². The minimum absolute atomic E-state index is 0. The van der Waals surface area contributed by atoms with Crippen LogP contribution in [0.5, 0.6) is 11.5 Å². The van der Waals surface area contributed by atoms with E-state index in [9.17, 15) is 4.79 Å². The maximum absolute atomic E-state index is 12.2. The largest absolute Gasteiger partial charge is 0.497 e. The van der Waals surface area contributed by atoms with Gasteiger partial charge in [-0.3, -0.25) is 4.79 Å². The van der Waals surface area contributed by atoms with Gasteiger partial charge in [0, 0.05) is 12.3 Å². The molecule has 0 spiro atoms. The molecule has 2 rings (SSSR count). The Kier molecular flexibility index (Phi) is 5.80. The van der Waals surface area contributed by atoms with Crippen molar-refractivity contribution in [2.75, 3.05) is 25.3 Å². The number of nitrogens with zero attached hydrogens (tertiary/aromatic N) is 1. The number of ether oxygens (including phenoxy) is 2. The lowest BCUT2D eigenvalue weighted by Gasteiger charge is -2.11. The first-order valence-electron chi connectivity index (χ1n) is 5.89. The van der Waals surface area contributed by atoms with E-state index in [0.29, 0.717) is 22.7 Å². The Bertz CT molecular complexity index is 635. The standard InChI is InChI=1S/C14H15N3O3.ClH/c1-19-9-5-6-10(12(8-9)20-2)14(18)17-11-4-3-7-16-13(11)15;/h3-8H,1-2H3,(H2,15,16)(H,17,18);1H. The van der Waals surface area contributed by atoms with Gasteiger partial charge in [0.1, 0.15) is 17.3 Å². The number of nitrogens with two attached hydrogens (primary N) is 1. The second kappa shape index (κ2) is 7.35. The van der Waals surface area contributed by atoms with Gasteiger partial charge in [0.05, 0.1) is 25.5 Å². The number of nitrogen functional groups attached to an aromatic ring is 1. The van der Waals surface area contributed by atoms with E-state index >= 15 is 0 Å². The third kappa shape index (κ3) is 3.76. The summed E-state index contributed by atoms with van der Waals surface area (Å²) in [4.78, 5) is 16.1. The fraction of sp³-hybridized carbons (Fsp3) is 0.143. The van der Waals surface area contributed by atoms with E-state index in [1.165, 1.54) is 7.11 Å². The number of hydrogen-bond acceptors (Lipinski definition) is 5. The number of rotatable bonds is 4.